The molecule has 0 amide bonds. The summed E-state index contributed by atoms with van der Waals surface area (Å²) in [6.45, 7) is 2.36. The van der Waals surface area contributed by atoms with E-state index in [-0.39, 0.29) is 17.2 Å². The number of nitrogens with zero attached hydrogens (tertiary/aromatic N) is 4. The van der Waals surface area contributed by atoms with E-state index in [1.165, 1.54) is 19.6 Å². The van der Waals surface area contributed by atoms with Crippen molar-refractivity contribution in [1.29, 1.82) is 0 Å². The number of nitrogens with one attached hydrogen (secondary N) is 1. The van der Waals surface area contributed by atoms with Crippen LogP contribution in [0.4, 0.5) is 11.5 Å². The minimum Gasteiger partial charge on any atom is -0.481 e. The van der Waals surface area contributed by atoms with Crippen LogP contribution < -0.4 is 10.1 Å². The van der Waals surface area contributed by atoms with E-state index in [9.17, 15) is 10.1 Å². The molecule has 0 fully saturated rings. The molecular weight excluding hydrogens is 262 g/mol. The van der Waals surface area contributed by atoms with Crippen LogP contribution in [0.15, 0.2) is 24.7 Å². The Bertz CT molecular complexity index is 632. The summed E-state index contributed by atoms with van der Waals surface area (Å²) in [6.07, 6.45) is 2.79. The third kappa shape index (κ3) is 2.63. The molecule has 104 valence electrons. The summed E-state index contributed by atoms with van der Waals surface area (Å²) < 4.78 is 5.01. The Morgan fingerprint density at radius 1 is 1.40 bits per heavy atom. The van der Waals surface area contributed by atoms with Gasteiger partial charge in [-0.1, -0.05) is 0 Å². The van der Waals surface area contributed by atoms with Crippen LogP contribution >= 0.6 is 0 Å². The molecule has 0 saturated carbocycles. The van der Waals surface area contributed by atoms with Gasteiger partial charge in [0.25, 0.3) is 0 Å². The van der Waals surface area contributed by atoms with Gasteiger partial charge in [0.2, 0.25) is 11.7 Å². The molecule has 0 aliphatic rings. The van der Waals surface area contributed by atoms with E-state index in [1.807, 2.05) is 6.92 Å². The van der Waals surface area contributed by atoms with Crippen molar-refractivity contribution in [3.63, 3.8) is 0 Å². The highest BCUT2D eigenvalue weighted by atomic mass is 16.6. The van der Waals surface area contributed by atoms with Gasteiger partial charge in [-0.25, -0.2) is 15.0 Å². The lowest BCUT2D eigenvalue weighted by molar-refractivity contribution is -0.383. The molecule has 0 aliphatic carbocycles. The van der Waals surface area contributed by atoms with Crippen LogP contribution in [0, 0.1) is 10.1 Å². The van der Waals surface area contributed by atoms with Crippen molar-refractivity contribution in [2.45, 2.75) is 6.92 Å². The normalized spacial score (nSPS) is 10.1. The molecule has 8 nitrogen and oxygen atoms in total. The van der Waals surface area contributed by atoms with Gasteiger partial charge in [0.15, 0.2) is 5.69 Å². The second-order valence-electron chi connectivity index (χ2n) is 3.79. The molecule has 0 aromatic carbocycles. The predicted octanol–water partition coefficient (Wildman–Crippen LogP) is 1.89. The SMILES string of the molecule is CCNc1ncnc(-c2ccnc(OC)c2)c1[N+](=O)[O-]. The number of hydrogen-bond acceptors (Lipinski definition) is 7. The van der Waals surface area contributed by atoms with Gasteiger partial charge in [0.05, 0.1) is 12.0 Å². The number of anilines is 1. The summed E-state index contributed by atoms with van der Waals surface area (Å²) in [7, 11) is 1.48. The molecule has 0 unspecified atom stereocenters. The van der Waals surface area contributed by atoms with Crippen molar-refractivity contribution in [2.24, 2.45) is 0 Å². The molecule has 0 radical (unpaired) electrons. The van der Waals surface area contributed by atoms with E-state index in [2.05, 4.69) is 20.3 Å². The molecule has 0 spiro atoms. The standard InChI is InChI=1S/C12H13N5O3/c1-3-13-12-11(17(18)19)10(15-7-16-12)8-4-5-14-9(6-8)20-2/h4-7H,3H2,1-2H3,(H,13,15,16). The van der Waals surface area contributed by atoms with Crippen molar-refractivity contribution in [2.75, 3.05) is 19.0 Å². The van der Waals surface area contributed by atoms with E-state index in [0.29, 0.717) is 18.0 Å². The second kappa shape index (κ2) is 5.91. The first-order chi connectivity index (χ1) is 9.67. The predicted molar refractivity (Wildman–Crippen MR) is 72.6 cm³/mol. The van der Waals surface area contributed by atoms with Crippen molar-refractivity contribution in [3.8, 4) is 17.1 Å². The third-order valence-electron chi connectivity index (χ3n) is 2.57. The quantitative estimate of drug-likeness (QED) is 0.656. The van der Waals surface area contributed by atoms with Gasteiger partial charge < -0.3 is 10.1 Å². The van der Waals surface area contributed by atoms with Crippen molar-refractivity contribution < 1.29 is 9.66 Å². The van der Waals surface area contributed by atoms with Gasteiger partial charge in [-0.05, 0) is 13.0 Å². The fourth-order valence-corrected chi connectivity index (χ4v) is 1.73. The zero-order valence-corrected chi connectivity index (χ0v) is 11.0. The number of aromatic nitrogens is 3. The van der Waals surface area contributed by atoms with Crippen molar-refractivity contribution in [1.82, 2.24) is 15.0 Å². The van der Waals surface area contributed by atoms with Crippen LogP contribution in [0.3, 0.4) is 0 Å². The monoisotopic (exact) mass is 275 g/mol. The average Bonchev–Trinajstić information content (AvgIpc) is 2.47. The van der Waals surface area contributed by atoms with Gasteiger partial charge in [0, 0.05) is 24.4 Å². The lowest BCUT2D eigenvalue weighted by Gasteiger charge is -2.07. The molecule has 2 rings (SSSR count). The van der Waals surface area contributed by atoms with E-state index in [1.54, 1.807) is 12.1 Å². The number of rotatable bonds is 5. The Balaban J connectivity index is 2.60. The fraction of sp³-hybridized carbons (Fsp3) is 0.250. The second-order valence-corrected chi connectivity index (χ2v) is 3.79. The van der Waals surface area contributed by atoms with Crippen molar-refractivity contribution in [3.05, 3.63) is 34.8 Å². The summed E-state index contributed by atoms with van der Waals surface area (Å²) in [6, 6.07) is 3.22. The molecule has 2 aromatic rings. The average molecular weight is 275 g/mol. The van der Waals surface area contributed by atoms with E-state index in [4.69, 9.17) is 4.74 Å². The van der Waals surface area contributed by atoms with Gasteiger partial charge >= 0.3 is 5.69 Å². The number of hydrogen-bond donors (Lipinski definition) is 1. The van der Waals surface area contributed by atoms with E-state index >= 15 is 0 Å². The number of nitro groups is 1. The van der Waals surface area contributed by atoms with Crippen LogP contribution in [0.2, 0.25) is 0 Å². The molecule has 0 aliphatic heterocycles. The topological polar surface area (TPSA) is 103 Å². The van der Waals surface area contributed by atoms with Gasteiger partial charge in [0.1, 0.15) is 6.33 Å². The maximum Gasteiger partial charge on any atom is 0.337 e. The van der Waals surface area contributed by atoms with Gasteiger partial charge in [-0.15, -0.1) is 0 Å². The van der Waals surface area contributed by atoms with Crippen LogP contribution in [-0.4, -0.2) is 33.5 Å². The molecule has 2 heterocycles. The van der Waals surface area contributed by atoms with E-state index in [0.717, 1.165) is 0 Å². The molecule has 2 aromatic heterocycles. The molecule has 0 bridgehead atoms. The van der Waals surface area contributed by atoms with Crippen LogP contribution in [0.1, 0.15) is 6.92 Å². The molecule has 0 saturated heterocycles. The first kappa shape index (κ1) is 13.7. The maximum absolute atomic E-state index is 11.3. The number of ether oxygens (including phenoxy) is 1. The third-order valence-corrected chi connectivity index (χ3v) is 2.57. The fourth-order valence-electron chi connectivity index (χ4n) is 1.73. The number of pyridine rings is 1. The summed E-state index contributed by atoms with van der Waals surface area (Å²) in [5, 5.41) is 14.1. The highest BCUT2D eigenvalue weighted by Gasteiger charge is 2.23. The minimum absolute atomic E-state index is 0.164. The van der Waals surface area contributed by atoms with Crippen molar-refractivity contribution >= 4 is 11.5 Å². The minimum atomic E-state index is -0.500. The largest absolute Gasteiger partial charge is 0.481 e. The van der Waals surface area contributed by atoms with Gasteiger partial charge in [-0.3, -0.25) is 10.1 Å². The number of methoxy groups -OCH3 is 1. The summed E-state index contributed by atoms with van der Waals surface area (Å²) in [5.74, 6) is 0.554. The van der Waals surface area contributed by atoms with Crippen LogP contribution in [0.25, 0.3) is 11.3 Å². The maximum atomic E-state index is 11.3. The van der Waals surface area contributed by atoms with Crippen LogP contribution in [0.5, 0.6) is 5.88 Å². The Labute approximate surface area is 115 Å². The van der Waals surface area contributed by atoms with Gasteiger partial charge in [-0.2, -0.15) is 0 Å². The summed E-state index contributed by atoms with van der Waals surface area (Å²) >= 11 is 0. The Hall–Kier alpha value is -2.77. The Morgan fingerprint density at radius 2 is 2.20 bits per heavy atom. The summed E-state index contributed by atoms with van der Waals surface area (Å²) in [5.41, 5.74) is 0.606. The van der Waals surface area contributed by atoms with Crippen LogP contribution in [-0.2, 0) is 0 Å². The molecular formula is C12H13N5O3. The first-order valence-corrected chi connectivity index (χ1v) is 5.91. The highest BCUT2D eigenvalue weighted by molar-refractivity contribution is 5.76. The van der Waals surface area contributed by atoms with E-state index < -0.39 is 4.92 Å². The Kier molecular flexibility index (Phi) is 4.04. The molecule has 20 heavy (non-hydrogen) atoms. The smallest absolute Gasteiger partial charge is 0.337 e. The Morgan fingerprint density at radius 3 is 2.85 bits per heavy atom. The lowest BCUT2D eigenvalue weighted by atomic mass is 10.1. The summed E-state index contributed by atoms with van der Waals surface area (Å²) in [4.78, 5) is 22.7. The lowest BCUT2D eigenvalue weighted by Crippen LogP contribution is -2.06. The molecule has 1 N–H and O–H groups in total. The zero-order chi connectivity index (χ0) is 14.5. The zero-order valence-electron chi connectivity index (χ0n) is 11.0. The first-order valence-electron chi connectivity index (χ1n) is 5.91. The molecule has 8 heteroatoms. The highest BCUT2D eigenvalue weighted by Crippen LogP contribution is 2.33. The molecule has 0 atom stereocenters.